The molecule has 0 fully saturated rings. The number of aryl methyl sites for hydroxylation is 1. The van der Waals surface area contributed by atoms with Crippen molar-refractivity contribution in [2.45, 2.75) is 13.5 Å². The number of nitrogens with zero attached hydrogens (tertiary/aromatic N) is 3. The van der Waals surface area contributed by atoms with Crippen molar-refractivity contribution in [1.29, 1.82) is 0 Å². The van der Waals surface area contributed by atoms with E-state index in [1.165, 1.54) is 5.56 Å². The molecule has 0 aliphatic rings. The van der Waals surface area contributed by atoms with Crippen LogP contribution in [0.25, 0.3) is 16.9 Å². The molecule has 0 aliphatic heterocycles. The Kier molecular flexibility index (Phi) is 2.97. The van der Waals surface area contributed by atoms with Gasteiger partial charge in [-0.3, -0.25) is 0 Å². The standard InChI is InChI=1S/C14H13ClN4/c1-9-2-4-10(5-3-9)14-11(8-16)19-13(17-14)7-6-12(15)18-19/h2-7H,8,16H2,1H3. The SMILES string of the molecule is Cc1ccc(-c2nc3ccc(Cl)nn3c2CN)cc1. The molecule has 2 N–H and O–H groups in total. The summed E-state index contributed by atoms with van der Waals surface area (Å²) in [6.07, 6.45) is 0. The van der Waals surface area contributed by atoms with Crippen LogP contribution in [0.15, 0.2) is 36.4 Å². The molecule has 0 spiro atoms. The van der Waals surface area contributed by atoms with Crippen molar-refractivity contribution >= 4 is 17.2 Å². The third-order valence-electron chi connectivity index (χ3n) is 3.06. The van der Waals surface area contributed by atoms with Crippen LogP contribution >= 0.6 is 11.6 Å². The molecule has 0 saturated carbocycles. The van der Waals surface area contributed by atoms with E-state index in [9.17, 15) is 0 Å². The zero-order valence-corrected chi connectivity index (χ0v) is 11.2. The van der Waals surface area contributed by atoms with Gasteiger partial charge in [0.15, 0.2) is 5.65 Å². The van der Waals surface area contributed by atoms with E-state index in [1.807, 2.05) is 18.2 Å². The van der Waals surface area contributed by atoms with Gasteiger partial charge in [-0.15, -0.1) is 0 Å². The largest absolute Gasteiger partial charge is 0.325 e. The van der Waals surface area contributed by atoms with Crippen LogP contribution in [0.1, 0.15) is 11.3 Å². The van der Waals surface area contributed by atoms with Crippen molar-refractivity contribution in [3.8, 4) is 11.3 Å². The third kappa shape index (κ3) is 2.09. The molecule has 0 amide bonds. The van der Waals surface area contributed by atoms with Crippen LogP contribution in [0.4, 0.5) is 0 Å². The smallest absolute Gasteiger partial charge is 0.154 e. The Morgan fingerprint density at radius 1 is 1.16 bits per heavy atom. The van der Waals surface area contributed by atoms with Gasteiger partial charge in [0.05, 0.1) is 11.4 Å². The molecular formula is C14H13ClN4. The van der Waals surface area contributed by atoms with Crippen LogP contribution in [0.3, 0.4) is 0 Å². The Hall–Kier alpha value is -1.91. The van der Waals surface area contributed by atoms with Crippen molar-refractivity contribution in [2.75, 3.05) is 0 Å². The lowest BCUT2D eigenvalue weighted by molar-refractivity contribution is 0.847. The summed E-state index contributed by atoms with van der Waals surface area (Å²) in [6, 6.07) is 11.8. The number of hydrogen-bond acceptors (Lipinski definition) is 3. The highest BCUT2D eigenvalue weighted by Gasteiger charge is 2.13. The van der Waals surface area contributed by atoms with Crippen molar-refractivity contribution < 1.29 is 0 Å². The normalized spacial score (nSPS) is 11.1. The first kappa shape index (κ1) is 12.1. The minimum Gasteiger partial charge on any atom is -0.325 e. The van der Waals surface area contributed by atoms with E-state index in [-0.39, 0.29) is 0 Å². The number of halogens is 1. The molecule has 2 heterocycles. The van der Waals surface area contributed by atoms with Gasteiger partial charge in [-0.05, 0) is 19.1 Å². The minimum atomic E-state index is 0.359. The first-order chi connectivity index (χ1) is 9.19. The fraction of sp³-hybridized carbons (Fsp3) is 0.143. The summed E-state index contributed by atoms with van der Waals surface area (Å²) in [5.74, 6) is 0. The molecular weight excluding hydrogens is 260 g/mol. The highest BCUT2D eigenvalue weighted by molar-refractivity contribution is 6.29. The molecule has 0 radical (unpaired) electrons. The van der Waals surface area contributed by atoms with Gasteiger partial charge in [0, 0.05) is 12.1 Å². The maximum Gasteiger partial charge on any atom is 0.154 e. The molecule has 0 saturated heterocycles. The van der Waals surface area contributed by atoms with Crippen LogP contribution < -0.4 is 5.73 Å². The summed E-state index contributed by atoms with van der Waals surface area (Å²) in [5, 5.41) is 4.68. The van der Waals surface area contributed by atoms with Gasteiger partial charge >= 0.3 is 0 Å². The topological polar surface area (TPSA) is 56.2 Å². The molecule has 1 aromatic carbocycles. The Balaban J connectivity index is 2.25. The lowest BCUT2D eigenvalue weighted by Crippen LogP contribution is -2.04. The summed E-state index contributed by atoms with van der Waals surface area (Å²) in [4.78, 5) is 4.59. The molecule has 3 rings (SSSR count). The average Bonchev–Trinajstić information content (AvgIpc) is 2.77. The van der Waals surface area contributed by atoms with E-state index < -0.39 is 0 Å². The van der Waals surface area contributed by atoms with Gasteiger partial charge in [0.1, 0.15) is 5.15 Å². The van der Waals surface area contributed by atoms with E-state index >= 15 is 0 Å². The van der Waals surface area contributed by atoms with E-state index in [0.717, 1.165) is 22.6 Å². The molecule has 5 heteroatoms. The molecule has 19 heavy (non-hydrogen) atoms. The van der Waals surface area contributed by atoms with Gasteiger partial charge in [0.25, 0.3) is 0 Å². The number of hydrogen-bond donors (Lipinski definition) is 1. The number of fused-ring (bicyclic) bond motifs is 1. The molecule has 0 bridgehead atoms. The second kappa shape index (κ2) is 4.64. The lowest BCUT2D eigenvalue weighted by atomic mass is 10.1. The van der Waals surface area contributed by atoms with E-state index in [1.54, 1.807) is 10.6 Å². The average molecular weight is 273 g/mol. The zero-order chi connectivity index (χ0) is 13.4. The maximum atomic E-state index is 5.92. The molecule has 96 valence electrons. The predicted molar refractivity (Wildman–Crippen MR) is 76.1 cm³/mol. The number of benzene rings is 1. The van der Waals surface area contributed by atoms with Crippen molar-refractivity contribution in [3.63, 3.8) is 0 Å². The first-order valence-electron chi connectivity index (χ1n) is 6.00. The Bertz CT molecular complexity index is 731. The third-order valence-corrected chi connectivity index (χ3v) is 3.26. The van der Waals surface area contributed by atoms with Crippen LogP contribution in [-0.2, 0) is 6.54 Å². The molecule has 2 aromatic heterocycles. The van der Waals surface area contributed by atoms with Gasteiger partial charge in [0.2, 0.25) is 0 Å². The molecule has 0 atom stereocenters. The second-order valence-corrected chi connectivity index (χ2v) is 4.79. The fourth-order valence-corrected chi connectivity index (χ4v) is 2.22. The summed E-state index contributed by atoms with van der Waals surface area (Å²) in [6.45, 7) is 2.41. The van der Waals surface area contributed by atoms with Crippen LogP contribution in [-0.4, -0.2) is 14.6 Å². The quantitative estimate of drug-likeness (QED) is 0.780. The number of aromatic nitrogens is 3. The summed E-state index contributed by atoms with van der Waals surface area (Å²) >= 11 is 5.92. The molecule has 3 aromatic rings. The monoisotopic (exact) mass is 272 g/mol. The van der Waals surface area contributed by atoms with Crippen molar-refractivity contribution in [3.05, 3.63) is 52.8 Å². The minimum absolute atomic E-state index is 0.359. The van der Waals surface area contributed by atoms with Crippen LogP contribution in [0, 0.1) is 6.92 Å². The van der Waals surface area contributed by atoms with Gasteiger partial charge in [-0.1, -0.05) is 41.4 Å². The molecule has 0 aliphatic carbocycles. The first-order valence-corrected chi connectivity index (χ1v) is 6.38. The van der Waals surface area contributed by atoms with Crippen LogP contribution in [0.5, 0.6) is 0 Å². The number of imidazole rings is 1. The second-order valence-electron chi connectivity index (χ2n) is 4.40. The Morgan fingerprint density at radius 3 is 2.58 bits per heavy atom. The fourth-order valence-electron chi connectivity index (χ4n) is 2.08. The van der Waals surface area contributed by atoms with Gasteiger partial charge in [-0.25, -0.2) is 9.50 Å². The van der Waals surface area contributed by atoms with Gasteiger partial charge in [-0.2, -0.15) is 5.10 Å². The van der Waals surface area contributed by atoms with Crippen molar-refractivity contribution in [2.24, 2.45) is 5.73 Å². The van der Waals surface area contributed by atoms with E-state index in [2.05, 4.69) is 29.1 Å². The highest BCUT2D eigenvalue weighted by atomic mass is 35.5. The predicted octanol–water partition coefficient (Wildman–Crippen LogP) is 2.82. The summed E-state index contributed by atoms with van der Waals surface area (Å²) in [7, 11) is 0. The summed E-state index contributed by atoms with van der Waals surface area (Å²) < 4.78 is 1.71. The van der Waals surface area contributed by atoms with Crippen molar-refractivity contribution in [1.82, 2.24) is 14.6 Å². The van der Waals surface area contributed by atoms with E-state index in [0.29, 0.717) is 11.7 Å². The zero-order valence-electron chi connectivity index (χ0n) is 10.5. The van der Waals surface area contributed by atoms with Crippen LogP contribution in [0.2, 0.25) is 5.15 Å². The van der Waals surface area contributed by atoms with Gasteiger partial charge < -0.3 is 5.73 Å². The van der Waals surface area contributed by atoms with E-state index in [4.69, 9.17) is 17.3 Å². The summed E-state index contributed by atoms with van der Waals surface area (Å²) in [5.41, 5.74) is 10.6. The Morgan fingerprint density at radius 2 is 1.89 bits per heavy atom. The highest BCUT2D eigenvalue weighted by Crippen LogP contribution is 2.24. The maximum absolute atomic E-state index is 5.92. The lowest BCUT2D eigenvalue weighted by Gasteiger charge is -2.02. The molecule has 4 nitrogen and oxygen atoms in total. The number of nitrogens with two attached hydrogens (primary N) is 1. The Labute approximate surface area is 115 Å². The molecule has 0 unspecified atom stereocenters. The number of rotatable bonds is 2.